The van der Waals surface area contributed by atoms with Gasteiger partial charge in [-0.05, 0) is 74.7 Å². The van der Waals surface area contributed by atoms with Gasteiger partial charge in [-0.2, -0.15) is 5.26 Å². The fraction of sp³-hybridized carbons (Fsp3) is 0.303. The molecule has 204 valence electrons. The third-order valence-electron chi connectivity index (χ3n) is 7.73. The standard InChI is InChI=1S/C33H32FN3O3/c1-4-28(38)30-26-17-25(22-8-7-9-23(16-22)32(39)36-20-33(19-35)14-15-33)27(37(5-2)6-3)18-29(26)40-31(30)21-10-12-24(34)13-11-21/h7-13,16-18H,4-6,14-15,20H2,1-3H3,(H,36,39). The lowest BCUT2D eigenvalue weighted by molar-refractivity contribution is 0.0947. The maximum atomic E-state index is 13.7. The van der Waals surface area contributed by atoms with Crippen LogP contribution in [0.25, 0.3) is 33.4 Å². The van der Waals surface area contributed by atoms with Crippen molar-refractivity contribution in [1.29, 1.82) is 5.26 Å². The van der Waals surface area contributed by atoms with Crippen LogP contribution in [0.3, 0.4) is 0 Å². The Labute approximate surface area is 233 Å². The Hall–Kier alpha value is -4.44. The van der Waals surface area contributed by atoms with Crippen LogP contribution < -0.4 is 10.2 Å². The van der Waals surface area contributed by atoms with Crippen LogP contribution in [-0.4, -0.2) is 31.3 Å². The Bertz CT molecular complexity index is 1620. The van der Waals surface area contributed by atoms with Gasteiger partial charge in [-0.15, -0.1) is 0 Å². The third kappa shape index (κ3) is 5.10. The van der Waals surface area contributed by atoms with E-state index in [2.05, 4.69) is 30.1 Å². The molecule has 7 heteroatoms. The molecule has 0 unspecified atom stereocenters. The molecule has 1 aromatic heterocycles. The van der Waals surface area contributed by atoms with Gasteiger partial charge in [0.15, 0.2) is 5.78 Å². The number of rotatable bonds is 10. The molecule has 1 heterocycles. The van der Waals surface area contributed by atoms with Crippen LogP contribution in [0.1, 0.15) is 60.7 Å². The Balaban J connectivity index is 1.65. The van der Waals surface area contributed by atoms with Crippen molar-refractivity contribution >= 4 is 28.3 Å². The fourth-order valence-electron chi connectivity index (χ4n) is 5.11. The molecule has 0 spiro atoms. The zero-order chi connectivity index (χ0) is 28.4. The SMILES string of the molecule is CCC(=O)c1c(-c2ccc(F)cc2)oc2cc(N(CC)CC)c(-c3cccc(C(=O)NCC4(C#N)CC4)c3)cc12. The number of anilines is 1. The van der Waals surface area contributed by atoms with E-state index in [9.17, 15) is 19.2 Å². The zero-order valence-electron chi connectivity index (χ0n) is 23.0. The lowest BCUT2D eigenvalue weighted by Crippen LogP contribution is -2.29. The van der Waals surface area contributed by atoms with E-state index in [1.165, 1.54) is 12.1 Å². The number of halogens is 1. The van der Waals surface area contributed by atoms with Crippen LogP contribution in [0.15, 0.2) is 65.1 Å². The minimum Gasteiger partial charge on any atom is -0.455 e. The van der Waals surface area contributed by atoms with Gasteiger partial charge in [0.05, 0.1) is 17.0 Å². The van der Waals surface area contributed by atoms with Crippen molar-refractivity contribution in [2.45, 2.75) is 40.0 Å². The summed E-state index contributed by atoms with van der Waals surface area (Å²) in [5.41, 5.74) is 4.37. The van der Waals surface area contributed by atoms with Crippen molar-refractivity contribution in [3.63, 3.8) is 0 Å². The number of amides is 1. The quantitative estimate of drug-likeness (QED) is 0.213. The molecule has 1 N–H and O–H groups in total. The Kier molecular flexibility index (Phi) is 7.44. The third-order valence-corrected chi connectivity index (χ3v) is 7.73. The number of carbonyl (C=O) groups is 2. The molecule has 4 aromatic rings. The minimum absolute atomic E-state index is 0.0701. The number of Topliss-reactive ketones (excluding diaryl/α,β-unsaturated/α-hetero) is 1. The van der Waals surface area contributed by atoms with Crippen LogP contribution in [0.4, 0.5) is 10.1 Å². The molecule has 3 aromatic carbocycles. The van der Waals surface area contributed by atoms with Gasteiger partial charge in [-0.25, -0.2) is 4.39 Å². The van der Waals surface area contributed by atoms with E-state index in [0.29, 0.717) is 40.0 Å². The normalized spacial score (nSPS) is 13.6. The first kappa shape index (κ1) is 27.1. The minimum atomic E-state index is -0.431. The number of fused-ring (bicyclic) bond motifs is 1. The Morgan fingerprint density at radius 3 is 2.38 bits per heavy atom. The van der Waals surface area contributed by atoms with Crippen molar-refractivity contribution < 1.29 is 18.4 Å². The summed E-state index contributed by atoms with van der Waals surface area (Å²) in [5.74, 6) is -0.237. The molecule has 1 amide bonds. The molecule has 40 heavy (non-hydrogen) atoms. The highest BCUT2D eigenvalue weighted by Gasteiger charge is 2.43. The average Bonchev–Trinajstić information content (AvgIpc) is 3.68. The molecule has 1 fully saturated rings. The number of furan rings is 1. The number of carbonyl (C=O) groups excluding carboxylic acids is 2. The second-order valence-corrected chi connectivity index (χ2v) is 10.3. The van der Waals surface area contributed by atoms with Gasteiger partial charge in [-0.1, -0.05) is 19.1 Å². The summed E-state index contributed by atoms with van der Waals surface area (Å²) in [6.07, 6.45) is 1.90. The maximum Gasteiger partial charge on any atom is 0.251 e. The fourth-order valence-corrected chi connectivity index (χ4v) is 5.11. The molecular formula is C33H32FN3O3. The van der Waals surface area contributed by atoms with Crippen molar-refractivity contribution in [2.24, 2.45) is 5.41 Å². The van der Waals surface area contributed by atoms with Gasteiger partial charge in [0, 0.05) is 59.9 Å². The van der Waals surface area contributed by atoms with Crippen LogP contribution in [0.5, 0.6) is 0 Å². The predicted molar refractivity (Wildman–Crippen MR) is 155 cm³/mol. The number of nitrogens with one attached hydrogen (secondary N) is 1. The highest BCUT2D eigenvalue weighted by molar-refractivity contribution is 6.13. The van der Waals surface area contributed by atoms with E-state index in [1.54, 1.807) is 25.1 Å². The van der Waals surface area contributed by atoms with E-state index in [0.717, 1.165) is 42.7 Å². The van der Waals surface area contributed by atoms with Gasteiger partial charge < -0.3 is 14.6 Å². The van der Waals surface area contributed by atoms with Gasteiger partial charge in [0.1, 0.15) is 17.2 Å². The number of nitrogens with zero attached hydrogens (tertiary/aromatic N) is 2. The zero-order valence-corrected chi connectivity index (χ0v) is 23.0. The lowest BCUT2D eigenvalue weighted by atomic mass is 9.95. The second kappa shape index (κ2) is 11.0. The Morgan fingerprint density at radius 2 is 1.75 bits per heavy atom. The molecule has 1 aliphatic carbocycles. The van der Waals surface area contributed by atoms with E-state index in [-0.39, 0.29) is 23.9 Å². The topological polar surface area (TPSA) is 86.3 Å². The molecule has 0 bridgehead atoms. The van der Waals surface area contributed by atoms with Gasteiger partial charge in [-0.3, -0.25) is 9.59 Å². The van der Waals surface area contributed by atoms with Crippen molar-refractivity contribution in [2.75, 3.05) is 24.5 Å². The summed E-state index contributed by atoms with van der Waals surface area (Å²) >= 11 is 0. The first-order chi connectivity index (χ1) is 19.3. The van der Waals surface area contributed by atoms with Crippen molar-refractivity contribution in [3.8, 4) is 28.5 Å². The van der Waals surface area contributed by atoms with E-state index in [1.807, 2.05) is 30.3 Å². The average molecular weight is 538 g/mol. The number of hydrogen-bond donors (Lipinski definition) is 1. The molecule has 0 aliphatic heterocycles. The summed E-state index contributed by atoms with van der Waals surface area (Å²) < 4.78 is 20.0. The summed E-state index contributed by atoms with van der Waals surface area (Å²) in [5, 5.41) is 13.0. The van der Waals surface area contributed by atoms with Crippen LogP contribution in [0.2, 0.25) is 0 Å². The first-order valence-electron chi connectivity index (χ1n) is 13.8. The lowest BCUT2D eigenvalue weighted by Gasteiger charge is -2.24. The molecule has 0 radical (unpaired) electrons. The Morgan fingerprint density at radius 1 is 1.02 bits per heavy atom. The second-order valence-electron chi connectivity index (χ2n) is 10.3. The van der Waals surface area contributed by atoms with Gasteiger partial charge in [0.2, 0.25) is 0 Å². The highest BCUT2D eigenvalue weighted by Crippen LogP contribution is 2.44. The molecular weight excluding hydrogens is 505 g/mol. The van der Waals surface area contributed by atoms with E-state index >= 15 is 0 Å². The summed E-state index contributed by atoms with van der Waals surface area (Å²) in [7, 11) is 0. The molecule has 0 atom stereocenters. The maximum absolute atomic E-state index is 13.7. The van der Waals surface area contributed by atoms with E-state index in [4.69, 9.17) is 4.42 Å². The van der Waals surface area contributed by atoms with Crippen LogP contribution in [-0.2, 0) is 0 Å². The summed E-state index contributed by atoms with van der Waals surface area (Å²) in [4.78, 5) is 28.4. The summed E-state index contributed by atoms with van der Waals surface area (Å²) in [6.45, 7) is 7.79. The van der Waals surface area contributed by atoms with Crippen LogP contribution >= 0.6 is 0 Å². The van der Waals surface area contributed by atoms with E-state index < -0.39 is 5.41 Å². The number of benzene rings is 3. The van der Waals surface area contributed by atoms with Crippen molar-refractivity contribution in [3.05, 3.63) is 77.6 Å². The number of hydrogen-bond acceptors (Lipinski definition) is 5. The first-order valence-corrected chi connectivity index (χ1v) is 13.8. The van der Waals surface area contributed by atoms with Crippen molar-refractivity contribution in [1.82, 2.24) is 5.32 Å². The molecule has 1 saturated carbocycles. The largest absolute Gasteiger partial charge is 0.455 e. The monoisotopic (exact) mass is 537 g/mol. The van der Waals surface area contributed by atoms with Gasteiger partial charge >= 0.3 is 0 Å². The van der Waals surface area contributed by atoms with Crippen LogP contribution in [0, 0.1) is 22.6 Å². The number of ketones is 1. The molecule has 5 rings (SSSR count). The molecule has 6 nitrogen and oxygen atoms in total. The highest BCUT2D eigenvalue weighted by atomic mass is 19.1. The smallest absolute Gasteiger partial charge is 0.251 e. The molecule has 0 saturated heterocycles. The number of nitriles is 1. The predicted octanol–water partition coefficient (Wildman–Crippen LogP) is 7.38. The van der Waals surface area contributed by atoms with Gasteiger partial charge in [0.25, 0.3) is 5.91 Å². The summed E-state index contributed by atoms with van der Waals surface area (Å²) in [6, 6.07) is 19.6. The molecule has 1 aliphatic rings.